The molecule has 0 spiro atoms. The number of halogens is 2. The van der Waals surface area contributed by atoms with Gasteiger partial charge < -0.3 is 10.1 Å². The number of ether oxygens (including phenoxy) is 1. The summed E-state index contributed by atoms with van der Waals surface area (Å²) in [6.45, 7) is 9.41. The highest BCUT2D eigenvalue weighted by molar-refractivity contribution is 5.88. The van der Waals surface area contributed by atoms with Gasteiger partial charge in [-0.2, -0.15) is 0 Å². The Balaban J connectivity index is 0.00000144. The molecule has 0 aliphatic carbocycles. The lowest BCUT2D eigenvalue weighted by Gasteiger charge is -2.36. The van der Waals surface area contributed by atoms with Crippen molar-refractivity contribution >= 4 is 35.6 Å². The van der Waals surface area contributed by atoms with Crippen molar-refractivity contribution in [2.75, 3.05) is 32.8 Å². The first-order valence-electron chi connectivity index (χ1n) is 8.44. The van der Waals surface area contributed by atoms with Crippen LogP contribution in [0.5, 0.6) is 5.75 Å². The van der Waals surface area contributed by atoms with Crippen LogP contribution >= 0.6 is 24.8 Å². The van der Waals surface area contributed by atoms with E-state index in [1.165, 1.54) is 16.3 Å². The van der Waals surface area contributed by atoms with Gasteiger partial charge in [0.25, 0.3) is 0 Å². The van der Waals surface area contributed by atoms with Crippen molar-refractivity contribution in [2.45, 2.75) is 26.3 Å². The highest BCUT2D eigenvalue weighted by atomic mass is 35.5. The van der Waals surface area contributed by atoms with Crippen LogP contribution in [0.3, 0.4) is 0 Å². The summed E-state index contributed by atoms with van der Waals surface area (Å²) < 4.78 is 5.98. The molecular weight excluding hydrogens is 343 g/mol. The Hall–Kier alpha value is -1.00. The molecule has 1 saturated heterocycles. The number of hydrogen-bond donors (Lipinski definition) is 1. The van der Waals surface area contributed by atoms with Crippen LogP contribution in [0.25, 0.3) is 10.8 Å². The van der Waals surface area contributed by atoms with Crippen molar-refractivity contribution in [3.05, 3.63) is 42.0 Å². The Labute approximate surface area is 157 Å². The minimum Gasteiger partial charge on any atom is -0.494 e. The van der Waals surface area contributed by atoms with Gasteiger partial charge in [-0.3, -0.25) is 4.90 Å². The van der Waals surface area contributed by atoms with Gasteiger partial charge in [-0.15, -0.1) is 24.8 Å². The van der Waals surface area contributed by atoms with Crippen LogP contribution in [-0.2, 0) is 0 Å². The third-order valence-corrected chi connectivity index (χ3v) is 4.54. The molecule has 5 heteroatoms. The highest BCUT2D eigenvalue weighted by Gasteiger charge is 2.25. The van der Waals surface area contributed by atoms with Crippen LogP contribution in [0.1, 0.15) is 31.9 Å². The van der Waals surface area contributed by atoms with Gasteiger partial charge in [-0.25, -0.2) is 0 Å². The van der Waals surface area contributed by atoms with E-state index >= 15 is 0 Å². The van der Waals surface area contributed by atoms with Crippen molar-refractivity contribution in [3.63, 3.8) is 0 Å². The molecule has 0 saturated carbocycles. The molecule has 1 atom stereocenters. The summed E-state index contributed by atoms with van der Waals surface area (Å²) in [5, 5.41) is 6.08. The largest absolute Gasteiger partial charge is 0.494 e. The number of hydrogen-bond acceptors (Lipinski definition) is 3. The Kier molecular flexibility index (Phi) is 8.85. The molecule has 3 rings (SSSR count). The van der Waals surface area contributed by atoms with E-state index in [1.807, 2.05) is 0 Å². The SMILES string of the molecule is CCOc1ccc2ccccc2c1[C@@H](CC)N1CCNCC1.Cl.Cl. The average Bonchev–Trinajstić information content (AvgIpc) is 2.58. The van der Waals surface area contributed by atoms with Gasteiger partial charge in [0, 0.05) is 37.8 Å². The van der Waals surface area contributed by atoms with Gasteiger partial charge in [0.1, 0.15) is 5.75 Å². The molecule has 3 nitrogen and oxygen atoms in total. The fraction of sp³-hybridized carbons (Fsp3) is 0.474. The van der Waals surface area contributed by atoms with E-state index in [2.05, 4.69) is 60.5 Å². The molecule has 134 valence electrons. The van der Waals surface area contributed by atoms with E-state index in [1.54, 1.807) is 0 Å². The van der Waals surface area contributed by atoms with Crippen molar-refractivity contribution in [2.24, 2.45) is 0 Å². The molecule has 0 aromatic heterocycles. The smallest absolute Gasteiger partial charge is 0.124 e. The van der Waals surface area contributed by atoms with Crippen molar-refractivity contribution in [1.82, 2.24) is 10.2 Å². The van der Waals surface area contributed by atoms with Crippen molar-refractivity contribution in [3.8, 4) is 5.75 Å². The first kappa shape index (κ1) is 21.0. The molecule has 1 heterocycles. The molecule has 0 unspecified atom stereocenters. The molecule has 2 aromatic carbocycles. The maximum absolute atomic E-state index is 5.98. The standard InChI is InChI=1S/C19H26N2O.2ClH/c1-3-17(21-13-11-20-12-14-21)19-16-8-6-5-7-15(16)9-10-18(19)22-4-2;;/h5-10,17,20H,3-4,11-14H2,1-2H3;2*1H/t17-;;/m1../s1. The van der Waals surface area contributed by atoms with Crippen LogP contribution in [0, 0.1) is 0 Å². The van der Waals surface area contributed by atoms with Crippen LogP contribution in [-0.4, -0.2) is 37.7 Å². The first-order chi connectivity index (χ1) is 10.8. The van der Waals surface area contributed by atoms with Gasteiger partial charge in [0.2, 0.25) is 0 Å². The molecule has 24 heavy (non-hydrogen) atoms. The van der Waals surface area contributed by atoms with Gasteiger partial charge in [0.05, 0.1) is 6.61 Å². The maximum Gasteiger partial charge on any atom is 0.124 e. The second-order valence-corrected chi connectivity index (χ2v) is 5.84. The summed E-state index contributed by atoms with van der Waals surface area (Å²) in [7, 11) is 0. The Morgan fingerprint density at radius 1 is 1.04 bits per heavy atom. The van der Waals surface area contributed by atoms with Crippen LogP contribution in [0.4, 0.5) is 0 Å². The molecule has 0 bridgehead atoms. The number of nitrogens with one attached hydrogen (secondary N) is 1. The number of rotatable bonds is 5. The van der Waals surface area contributed by atoms with Gasteiger partial charge in [0.15, 0.2) is 0 Å². The van der Waals surface area contributed by atoms with E-state index in [4.69, 9.17) is 4.74 Å². The lowest BCUT2D eigenvalue weighted by Crippen LogP contribution is -2.45. The van der Waals surface area contributed by atoms with Gasteiger partial charge in [-0.1, -0.05) is 37.3 Å². The van der Waals surface area contributed by atoms with E-state index in [-0.39, 0.29) is 24.8 Å². The molecule has 1 aliphatic heterocycles. The Morgan fingerprint density at radius 2 is 1.75 bits per heavy atom. The number of piperazine rings is 1. The molecule has 0 amide bonds. The van der Waals surface area contributed by atoms with Crippen LogP contribution in [0.15, 0.2) is 36.4 Å². The molecule has 2 aromatic rings. The summed E-state index contributed by atoms with van der Waals surface area (Å²) in [5.74, 6) is 1.05. The minimum atomic E-state index is 0. The molecule has 1 aliphatic rings. The quantitative estimate of drug-likeness (QED) is 0.841. The second kappa shape index (κ2) is 10.1. The third kappa shape index (κ3) is 4.34. The zero-order valence-electron chi connectivity index (χ0n) is 14.5. The monoisotopic (exact) mass is 370 g/mol. The highest BCUT2D eigenvalue weighted by Crippen LogP contribution is 2.37. The number of nitrogens with zero attached hydrogens (tertiary/aromatic N) is 1. The van der Waals surface area contributed by atoms with Crippen molar-refractivity contribution in [1.29, 1.82) is 0 Å². The summed E-state index contributed by atoms with van der Waals surface area (Å²) >= 11 is 0. The summed E-state index contributed by atoms with van der Waals surface area (Å²) in [5.41, 5.74) is 1.37. The number of fused-ring (bicyclic) bond motifs is 1. The molecule has 1 N–H and O–H groups in total. The zero-order chi connectivity index (χ0) is 15.4. The first-order valence-corrected chi connectivity index (χ1v) is 8.44. The van der Waals surface area contributed by atoms with Crippen molar-refractivity contribution < 1.29 is 4.74 Å². The topological polar surface area (TPSA) is 24.5 Å². The lowest BCUT2D eigenvalue weighted by molar-refractivity contribution is 0.166. The summed E-state index contributed by atoms with van der Waals surface area (Å²) in [6, 6.07) is 13.4. The molecule has 1 fully saturated rings. The lowest BCUT2D eigenvalue weighted by atomic mass is 9.94. The molecule has 0 radical (unpaired) electrons. The van der Waals surface area contributed by atoms with E-state index < -0.39 is 0 Å². The Bertz CT molecular complexity index is 630. The van der Waals surface area contributed by atoms with Gasteiger partial charge in [-0.05, 0) is 30.2 Å². The Morgan fingerprint density at radius 3 is 2.42 bits per heavy atom. The normalized spacial score (nSPS) is 16.1. The predicted octanol–water partition coefficient (Wildman–Crippen LogP) is 4.44. The number of benzene rings is 2. The fourth-order valence-electron chi connectivity index (χ4n) is 3.54. The average molecular weight is 371 g/mol. The summed E-state index contributed by atoms with van der Waals surface area (Å²) in [4.78, 5) is 2.60. The van der Waals surface area contributed by atoms with E-state index in [0.717, 1.165) is 38.3 Å². The van der Waals surface area contributed by atoms with E-state index in [0.29, 0.717) is 12.6 Å². The van der Waals surface area contributed by atoms with E-state index in [9.17, 15) is 0 Å². The predicted molar refractivity (Wildman–Crippen MR) is 107 cm³/mol. The second-order valence-electron chi connectivity index (χ2n) is 5.84. The zero-order valence-corrected chi connectivity index (χ0v) is 16.1. The fourth-order valence-corrected chi connectivity index (χ4v) is 3.54. The van der Waals surface area contributed by atoms with Crippen LogP contribution in [0.2, 0.25) is 0 Å². The van der Waals surface area contributed by atoms with Crippen LogP contribution < -0.4 is 10.1 Å². The third-order valence-electron chi connectivity index (χ3n) is 4.54. The summed E-state index contributed by atoms with van der Waals surface area (Å²) in [6.07, 6.45) is 1.11. The minimum absolute atomic E-state index is 0. The maximum atomic E-state index is 5.98. The van der Waals surface area contributed by atoms with Gasteiger partial charge >= 0.3 is 0 Å². The molecular formula is C19H28Cl2N2O.